The van der Waals surface area contributed by atoms with E-state index in [9.17, 15) is 14.4 Å². The number of nitrogens with zero attached hydrogens (tertiary/aromatic N) is 5. The summed E-state index contributed by atoms with van der Waals surface area (Å²) in [6.07, 6.45) is 1.48. The number of aryl methyl sites for hydroxylation is 2. The van der Waals surface area contributed by atoms with Gasteiger partial charge in [-0.3, -0.25) is 14.2 Å². The molecule has 124 valence electrons. The highest BCUT2D eigenvalue weighted by molar-refractivity contribution is 5.77. The zero-order valence-electron chi connectivity index (χ0n) is 13.4. The van der Waals surface area contributed by atoms with Crippen LogP contribution in [-0.2, 0) is 25.4 Å². The van der Waals surface area contributed by atoms with E-state index in [1.807, 2.05) is 6.92 Å². The van der Waals surface area contributed by atoms with Crippen LogP contribution in [0.2, 0.25) is 0 Å². The van der Waals surface area contributed by atoms with Crippen molar-refractivity contribution in [2.24, 2.45) is 14.1 Å². The summed E-state index contributed by atoms with van der Waals surface area (Å²) in [6.45, 7) is 3.60. The first-order chi connectivity index (χ1) is 10.9. The van der Waals surface area contributed by atoms with Crippen LogP contribution in [-0.4, -0.2) is 55.2 Å². The Kier molecular flexibility index (Phi) is 3.80. The lowest BCUT2D eigenvalue weighted by molar-refractivity contribution is -0.133. The number of aromatic nitrogens is 4. The molecule has 1 unspecified atom stereocenters. The third-order valence-corrected chi connectivity index (χ3v) is 4.22. The van der Waals surface area contributed by atoms with E-state index in [-0.39, 0.29) is 18.5 Å². The molecule has 1 saturated heterocycles. The van der Waals surface area contributed by atoms with Gasteiger partial charge in [-0.15, -0.1) is 0 Å². The van der Waals surface area contributed by atoms with Crippen LogP contribution in [0.15, 0.2) is 15.9 Å². The Morgan fingerprint density at radius 1 is 1.39 bits per heavy atom. The lowest BCUT2D eigenvalue weighted by Gasteiger charge is -2.32. The van der Waals surface area contributed by atoms with Gasteiger partial charge in [0.2, 0.25) is 5.91 Å². The number of fused-ring (bicyclic) bond motifs is 1. The maximum Gasteiger partial charge on any atom is 0.332 e. The van der Waals surface area contributed by atoms with Gasteiger partial charge in [0.25, 0.3) is 5.56 Å². The van der Waals surface area contributed by atoms with Crippen LogP contribution in [0.1, 0.15) is 6.92 Å². The van der Waals surface area contributed by atoms with Gasteiger partial charge in [-0.2, -0.15) is 0 Å². The van der Waals surface area contributed by atoms with Crippen LogP contribution in [0.4, 0.5) is 0 Å². The Labute approximate surface area is 132 Å². The fraction of sp³-hybridized carbons (Fsp3) is 0.571. The second-order valence-electron chi connectivity index (χ2n) is 5.96. The number of hydrogen-bond donors (Lipinski definition) is 1. The average Bonchev–Trinajstić information content (AvgIpc) is 2.91. The van der Waals surface area contributed by atoms with Crippen LogP contribution < -0.4 is 16.6 Å². The number of amides is 1. The van der Waals surface area contributed by atoms with Crippen molar-refractivity contribution in [1.82, 2.24) is 28.9 Å². The molecular formula is C14H20N6O3. The van der Waals surface area contributed by atoms with Crippen molar-refractivity contribution in [3.05, 3.63) is 27.2 Å². The van der Waals surface area contributed by atoms with E-state index in [1.165, 1.54) is 10.9 Å². The summed E-state index contributed by atoms with van der Waals surface area (Å²) in [5, 5.41) is 3.25. The molecule has 0 aromatic carbocycles. The molecule has 2 aromatic rings. The molecule has 1 aliphatic rings. The first kappa shape index (κ1) is 15.5. The summed E-state index contributed by atoms with van der Waals surface area (Å²) < 4.78 is 3.84. The van der Waals surface area contributed by atoms with Gasteiger partial charge in [-0.1, -0.05) is 0 Å². The van der Waals surface area contributed by atoms with E-state index in [2.05, 4.69) is 10.3 Å². The van der Waals surface area contributed by atoms with Crippen LogP contribution in [0.5, 0.6) is 0 Å². The first-order valence-electron chi connectivity index (χ1n) is 7.52. The van der Waals surface area contributed by atoms with E-state index >= 15 is 0 Å². The molecule has 0 saturated carbocycles. The normalized spacial score (nSPS) is 18.6. The molecule has 0 bridgehead atoms. The Morgan fingerprint density at radius 2 is 2.13 bits per heavy atom. The van der Waals surface area contributed by atoms with Gasteiger partial charge in [-0.05, 0) is 6.92 Å². The van der Waals surface area contributed by atoms with Crippen LogP contribution in [0.3, 0.4) is 0 Å². The lowest BCUT2D eigenvalue weighted by Crippen LogP contribution is -2.53. The minimum Gasteiger partial charge on any atom is -0.338 e. The Morgan fingerprint density at radius 3 is 2.83 bits per heavy atom. The van der Waals surface area contributed by atoms with Crippen molar-refractivity contribution >= 4 is 17.1 Å². The number of hydrogen-bond acceptors (Lipinski definition) is 5. The molecule has 1 amide bonds. The number of imidazole rings is 1. The molecule has 1 aliphatic heterocycles. The highest BCUT2D eigenvalue weighted by Crippen LogP contribution is 2.04. The van der Waals surface area contributed by atoms with Crippen LogP contribution in [0, 0.1) is 0 Å². The predicted octanol–water partition coefficient (Wildman–Crippen LogP) is -1.75. The van der Waals surface area contributed by atoms with E-state index in [4.69, 9.17) is 0 Å². The SMILES string of the molecule is CC1CN(C(=O)Cn2c(=O)c3c(ncn3C)n(C)c2=O)CCN1. The molecule has 3 heterocycles. The zero-order valence-corrected chi connectivity index (χ0v) is 13.4. The molecule has 1 N–H and O–H groups in total. The van der Waals surface area contributed by atoms with Gasteiger partial charge in [0.05, 0.1) is 6.33 Å². The van der Waals surface area contributed by atoms with E-state index < -0.39 is 11.2 Å². The molecule has 9 nitrogen and oxygen atoms in total. The Bertz CT molecular complexity index is 877. The molecular weight excluding hydrogens is 300 g/mol. The number of piperazine rings is 1. The van der Waals surface area contributed by atoms with E-state index in [0.29, 0.717) is 30.8 Å². The summed E-state index contributed by atoms with van der Waals surface area (Å²) in [5.41, 5.74) is -0.382. The summed E-state index contributed by atoms with van der Waals surface area (Å²) in [5.74, 6) is -0.223. The molecule has 1 atom stereocenters. The molecule has 23 heavy (non-hydrogen) atoms. The fourth-order valence-electron chi connectivity index (χ4n) is 2.93. The number of nitrogens with one attached hydrogen (secondary N) is 1. The van der Waals surface area contributed by atoms with Crippen molar-refractivity contribution in [3.63, 3.8) is 0 Å². The topological polar surface area (TPSA) is 94.2 Å². The Hall–Kier alpha value is -2.42. The fourth-order valence-corrected chi connectivity index (χ4v) is 2.93. The van der Waals surface area contributed by atoms with Gasteiger partial charge in [-0.25, -0.2) is 14.3 Å². The van der Waals surface area contributed by atoms with E-state index in [0.717, 1.165) is 4.57 Å². The number of carbonyl (C=O) groups excluding carboxylic acids is 1. The first-order valence-corrected chi connectivity index (χ1v) is 7.52. The summed E-state index contributed by atoms with van der Waals surface area (Å²) in [7, 11) is 3.23. The average molecular weight is 320 g/mol. The van der Waals surface area contributed by atoms with Gasteiger partial charge >= 0.3 is 5.69 Å². The molecule has 9 heteroatoms. The summed E-state index contributed by atoms with van der Waals surface area (Å²) in [6, 6.07) is 0.201. The quantitative estimate of drug-likeness (QED) is 0.708. The standard InChI is InChI=1S/C14H20N6O3/c1-9-6-19(5-4-15-9)10(21)7-20-13(22)11-12(16-8-17(11)2)18(3)14(20)23/h8-9,15H,4-7H2,1-3H3. The number of carbonyl (C=O) groups is 1. The van der Waals surface area contributed by atoms with Crippen molar-refractivity contribution in [2.75, 3.05) is 19.6 Å². The van der Waals surface area contributed by atoms with Crippen molar-refractivity contribution in [1.29, 1.82) is 0 Å². The third kappa shape index (κ3) is 2.56. The molecule has 0 aliphatic carbocycles. The summed E-state index contributed by atoms with van der Waals surface area (Å²) in [4.78, 5) is 43.2. The molecule has 0 radical (unpaired) electrons. The predicted molar refractivity (Wildman–Crippen MR) is 84.3 cm³/mol. The highest BCUT2D eigenvalue weighted by Gasteiger charge is 2.23. The highest BCUT2D eigenvalue weighted by atomic mass is 16.2. The van der Waals surface area contributed by atoms with Gasteiger partial charge < -0.3 is 14.8 Å². The van der Waals surface area contributed by atoms with Crippen molar-refractivity contribution < 1.29 is 4.79 Å². The molecule has 1 fully saturated rings. The minimum atomic E-state index is -0.530. The maximum atomic E-state index is 12.6. The number of rotatable bonds is 2. The Balaban J connectivity index is 2.00. The zero-order chi connectivity index (χ0) is 16.7. The molecule has 0 spiro atoms. The molecule has 2 aromatic heterocycles. The second-order valence-corrected chi connectivity index (χ2v) is 5.96. The summed E-state index contributed by atoms with van der Waals surface area (Å²) >= 11 is 0. The van der Waals surface area contributed by atoms with Crippen molar-refractivity contribution in [3.8, 4) is 0 Å². The van der Waals surface area contributed by atoms with Crippen LogP contribution >= 0.6 is 0 Å². The smallest absolute Gasteiger partial charge is 0.332 e. The third-order valence-electron chi connectivity index (χ3n) is 4.22. The van der Waals surface area contributed by atoms with Gasteiger partial charge in [0.1, 0.15) is 6.54 Å². The van der Waals surface area contributed by atoms with Crippen LogP contribution in [0.25, 0.3) is 11.2 Å². The largest absolute Gasteiger partial charge is 0.338 e. The van der Waals surface area contributed by atoms with E-state index in [1.54, 1.807) is 23.6 Å². The second kappa shape index (κ2) is 5.65. The molecule has 3 rings (SSSR count). The van der Waals surface area contributed by atoms with Crippen molar-refractivity contribution in [2.45, 2.75) is 19.5 Å². The monoisotopic (exact) mass is 320 g/mol. The van der Waals surface area contributed by atoms with Gasteiger partial charge in [0, 0.05) is 39.8 Å². The minimum absolute atomic E-state index is 0.201. The maximum absolute atomic E-state index is 12.6. The van der Waals surface area contributed by atoms with Gasteiger partial charge in [0.15, 0.2) is 11.2 Å². The lowest BCUT2D eigenvalue weighted by atomic mass is 10.2.